The summed E-state index contributed by atoms with van der Waals surface area (Å²) in [7, 11) is 0. The predicted octanol–water partition coefficient (Wildman–Crippen LogP) is 4.66. The summed E-state index contributed by atoms with van der Waals surface area (Å²) in [5.41, 5.74) is -1.71. The SMILES string of the molecule is C[C@]12C[C@@]3(O)O[C@@]4(C[C@H]3[C@H]1OC(=O)c1ccccc1)C1=CC(=O)O[C@@H](c3ccoc3)[C@]1(C)CC[C@@H]4[C@]1(C)OC(=O)C[C@@H]21. The molecule has 42 heavy (non-hydrogen) atoms. The molecule has 1 aromatic carbocycles. The van der Waals surface area contributed by atoms with Gasteiger partial charge in [0.2, 0.25) is 0 Å². The Hall–Kier alpha value is -3.43. The van der Waals surface area contributed by atoms with E-state index in [2.05, 4.69) is 6.92 Å². The third-order valence-electron chi connectivity index (χ3n) is 11.7. The highest BCUT2D eigenvalue weighted by atomic mass is 16.7. The summed E-state index contributed by atoms with van der Waals surface area (Å²) in [5.74, 6) is -4.20. The zero-order valence-electron chi connectivity index (χ0n) is 23.8. The summed E-state index contributed by atoms with van der Waals surface area (Å²) < 4.78 is 30.8. The molecular formula is C33H34O9. The molecular weight excluding hydrogens is 540 g/mol. The van der Waals surface area contributed by atoms with E-state index >= 15 is 0 Å². The fourth-order valence-electron chi connectivity index (χ4n) is 10.2. The zero-order valence-corrected chi connectivity index (χ0v) is 23.8. The van der Waals surface area contributed by atoms with Gasteiger partial charge in [-0.15, -0.1) is 0 Å². The van der Waals surface area contributed by atoms with Crippen LogP contribution in [0.4, 0.5) is 0 Å². The van der Waals surface area contributed by atoms with Gasteiger partial charge >= 0.3 is 17.9 Å². The maximum absolute atomic E-state index is 13.5. The molecule has 1 aromatic heterocycles. The van der Waals surface area contributed by atoms with Crippen molar-refractivity contribution < 1.29 is 42.9 Å². The van der Waals surface area contributed by atoms with Gasteiger partial charge in [0.15, 0.2) is 5.79 Å². The molecule has 0 unspecified atom stereocenters. The van der Waals surface area contributed by atoms with E-state index in [1.165, 1.54) is 6.08 Å². The van der Waals surface area contributed by atoms with Crippen LogP contribution < -0.4 is 0 Å². The molecule has 10 atom stereocenters. The van der Waals surface area contributed by atoms with Gasteiger partial charge in [-0.3, -0.25) is 4.79 Å². The fourth-order valence-corrected chi connectivity index (χ4v) is 10.2. The van der Waals surface area contributed by atoms with Gasteiger partial charge < -0.3 is 28.5 Å². The number of ether oxygens (including phenoxy) is 4. The van der Waals surface area contributed by atoms with Crippen LogP contribution in [0.25, 0.3) is 0 Å². The van der Waals surface area contributed by atoms with Gasteiger partial charge in [0.05, 0.1) is 30.4 Å². The minimum absolute atomic E-state index is 0.151. The van der Waals surface area contributed by atoms with Crippen LogP contribution in [0.15, 0.2) is 65.0 Å². The van der Waals surface area contributed by atoms with Crippen LogP contribution in [-0.2, 0) is 28.5 Å². The third kappa shape index (κ3) is 3.13. The van der Waals surface area contributed by atoms with Crippen LogP contribution >= 0.6 is 0 Å². The Morgan fingerprint density at radius 1 is 1.07 bits per heavy atom. The second-order valence-electron chi connectivity index (χ2n) is 13.9. The first kappa shape index (κ1) is 26.2. The van der Waals surface area contributed by atoms with Crippen molar-refractivity contribution in [1.29, 1.82) is 0 Å². The van der Waals surface area contributed by atoms with Crippen molar-refractivity contribution in [2.45, 2.75) is 82.1 Å². The van der Waals surface area contributed by atoms with E-state index in [9.17, 15) is 19.5 Å². The summed E-state index contributed by atoms with van der Waals surface area (Å²) in [6.45, 7) is 6.02. The molecule has 3 saturated carbocycles. The van der Waals surface area contributed by atoms with Gasteiger partial charge in [0.25, 0.3) is 0 Å². The van der Waals surface area contributed by atoms with E-state index in [1.807, 2.05) is 19.9 Å². The van der Waals surface area contributed by atoms with Crippen molar-refractivity contribution in [3.63, 3.8) is 0 Å². The van der Waals surface area contributed by atoms with Crippen molar-refractivity contribution in [1.82, 2.24) is 0 Å². The quantitative estimate of drug-likeness (QED) is 0.412. The maximum atomic E-state index is 13.5. The molecule has 0 radical (unpaired) electrons. The van der Waals surface area contributed by atoms with Crippen LogP contribution in [0.2, 0.25) is 0 Å². The highest BCUT2D eigenvalue weighted by Crippen LogP contribution is 2.75. The molecule has 7 aliphatic rings. The van der Waals surface area contributed by atoms with Crippen molar-refractivity contribution in [2.24, 2.45) is 28.6 Å². The molecule has 5 heterocycles. The van der Waals surface area contributed by atoms with Crippen molar-refractivity contribution >= 4 is 17.9 Å². The van der Waals surface area contributed by atoms with Crippen LogP contribution in [0.5, 0.6) is 0 Å². The number of rotatable bonds is 3. The van der Waals surface area contributed by atoms with Crippen molar-refractivity contribution in [2.75, 3.05) is 0 Å². The first-order chi connectivity index (χ1) is 19.9. The molecule has 3 saturated heterocycles. The standard InChI is InChI=1S/C33H34O9/c1-29-11-9-21-31(3)22(13-25(35)41-31)30(2)17-33(37)20(27(30)40-28(36)18-7-5-4-6-8-18)15-32(21,42-33)23(29)14-24(34)39-26(29)19-10-12-38-16-19/h4-8,10,12,14,16,20-22,26-27,37H,9,11,13,15,17H2,1-3H3/t20-,21+,22-,26-,27+,29+,30+,31-,32+,33+/m0/s1. The smallest absolute Gasteiger partial charge is 0.338 e. The van der Waals surface area contributed by atoms with Gasteiger partial charge in [-0.2, -0.15) is 0 Å². The second-order valence-corrected chi connectivity index (χ2v) is 13.9. The number of fused-ring (bicyclic) bond motifs is 1. The first-order valence-electron chi connectivity index (χ1n) is 14.8. The molecule has 1 N–H and O–H groups in total. The summed E-state index contributed by atoms with van der Waals surface area (Å²) in [5, 5.41) is 12.4. The number of hydrogen-bond donors (Lipinski definition) is 1. The topological polar surface area (TPSA) is 122 Å². The number of esters is 3. The highest BCUT2D eigenvalue weighted by molar-refractivity contribution is 5.89. The van der Waals surface area contributed by atoms with E-state index in [0.717, 1.165) is 11.1 Å². The number of benzene rings is 1. The number of carbonyl (C=O) groups excluding carboxylic acids is 3. The van der Waals surface area contributed by atoms with Gasteiger partial charge in [-0.1, -0.05) is 32.0 Å². The molecule has 6 fully saturated rings. The van der Waals surface area contributed by atoms with E-state index in [0.29, 0.717) is 24.8 Å². The monoisotopic (exact) mass is 574 g/mol. The van der Waals surface area contributed by atoms with Gasteiger partial charge in [0, 0.05) is 40.7 Å². The minimum atomic E-state index is -1.63. The molecule has 3 aliphatic carbocycles. The van der Waals surface area contributed by atoms with E-state index in [1.54, 1.807) is 42.9 Å². The van der Waals surface area contributed by atoms with E-state index in [-0.39, 0.29) is 30.6 Å². The Kier molecular flexibility index (Phi) is 5.08. The average Bonchev–Trinajstić information content (AvgIpc) is 3.68. The average molecular weight is 575 g/mol. The van der Waals surface area contributed by atoms with Crippen LogP contribution in [0.1, 0.15) is 74.9 Å². The molecule has 9 heteroatoms. The van der Waals surface area contributed by atoms with Gasteiger partial charge in [0.1, 0.15) is 23.4 Å². The maximum Gasteiger partial charge on any atom is 0.338 e. The molecule has 2 aromatic rings. The lowest BCUT2D eigenvalue weighted by molar-refractivity contribution is -0.281. The minimum Gasteiger partial charge on any atom is -0.472 e. The Labute approximate surface area is 243 Å². The number of carbonyl (C=O) groups is 3. The number of aliphatic hydroxyl groups is 1. The third-order valence-corrected chi connectivity index (χ3v) is 11.7. The molecule has 9 rings (SSSR count). The summed E-state index contributed by atoms with van der Waals surface area (Å²) in [6.07, 6.45) is 5.19. The molecule has 220 valence electrons. The molecule has 1 spiro atoms. The predicted molar refractivity (Wildman–Crippen MR) is 144 cm³/mol. The van der Waals surface area contributed by atoms with Crippen LogP contribution in [0.3, 0.4) is 0 Å². The van der Waals surface area contributed by atoms with Crippen LogP contribution in [0, 0.1) is 28.6 Å². The van der Waals surface area contributed by atoms with Gasteiger partial charge in [-0.05, 0) is 50.0 Å². The Bertz CT molecular complexity index is 1530. The Morgan fingerprint density at radius 2 is 1.86 bits per heavy atom. The number of cyclic esters (lactones) is 1. The summed E-state index contributed by atoms with van der Waals surface area (Å²) >= 11 is 0. The summed E-state index contributed by atoms with van der Waals surface area (Å²) in [4.78, 5) is 39.9. The second kappa shape index (κ2) is 8.14. The van der Waals surface area contributed by atoms with Gasteiger partial charge in [-0.25, -0.2) is 9.59 Å². The fraction of sp³-hybridized carbons (Fsp3) is 0.545. The lowest BCUT2D eigenvalue weighted by atomic mass is 9.48. The molecule has 0 amide bonds. The first-order valence-corrected chi connectivity index (χ1v) is 14.8. The molecule has 9 nitrogen and oxygen atoms in total. The summed E-state index contributed by atoms with van der Waals surface area (Å²) in [6, 6.07) is 10.6. The lowest BCUT2D eigenvalue weighted by Crippen LogP contribution is -2.65. The van der Waals surface area contributed by atoms with Crippen molar-refractivity contribution in [3.8, 4) is 0 Å². The normalized spacial score (nSPS) is 46.5. The Morgan fingerprint density at radius 3 is 2.60 bits per heavy atom. The largest absolute Gasteiger partial charge is 0.472 e. The molecule has 4 bridgehead atoms. The van der Waals surface area contributed by atoms with E-state index in [4.69, 9.17) is 23.4 Å². The van der Waals surface area contributed by atoms with E-state index < -0.39 is 57.9 Å². The number of hydrogen-bond acceptors (Lipinski definition) is 9. The van der Waals surface area contributed by atoms with Crippen molar-refractivity contribution in [3.05, 3.63) is 71.7 Å². The highest BCUT2D eigenvalue weighted by Gasteiger charge is 2.81. The number of furan rings is 1. The Balaban J connectivity index is 1.30. The zero-order chi connectivity index (χ0) is 29.3. The lowest BCUT2D eigenvalue weighted by Gasteiger charge is -2.61. The molecule has 4 aliphatic heterocycles. The van der Waals surface area contributed by atoms with Crippen LogP contribution in [-0.4, -0.2) is 46.1 Å².